The van der Waals surface area contributed by atoms with Gasteiger partial charge in [0.1, 0.15) is 0 Å². The molecule has 0 amide bonds. The van der Waals surface area contributed by atoms with Crippen LogP contribution in [0.2, 0.25) is 0 Å². The van der Waals surface area contributed by atoms with Gasteiger partial charge in [-0.15, -0.1) is 0 Å². The molecule has 1 saturated carbocycles. The van der Waals surface area contributed by atoms with E-state index in [9.17, 15) is 13.2 Å². The molecule has 1 heterocycles. The second-order valence-corrected chi connectivity index (χ2v) is 6.80. The Bertz CT molecular complexity index is 610. The SMILES string of the molecule is FC(F)(F)Sc1ccc(-c2cccn2C2CCCCC2)cc1. The Morgan fingerprint density at radius 3 is 2.27 bits per heavy atom. The highest BCUT2D eigenvalue weighted by atomic mass is 32.2. The molecule has 1 aromatic heterocycles. The molecule has 0 radical (unpaired) electrons. The molecule has 5 heteroatoms. The third kappa shape index (κ3) is 3.69. The molecule has 1 nitrogen and oxygen atoms in total. The molecule has 0 bridgehead atoms. The van der Waals surface area contributed by atoms with Crippen molar-refractivity contribution in [3.05, 3.63) is 42.6 Å². The van der Waals surface area contributed by atoms with Crippen molar-refractivity contribution >= 4 is 11.8 Å². The van der Waals surface area contributed by atoms with Gasteiger partial charge in [-0.1, -0.05) is 31.4 Å². The zero-order valence-electron chi connectivity index (χ0n) is 12.1. The van der Waals surface area contributed by atoms with Gasteiger partial charge in [0.15, 0.2) is 0 Å². The van der Waals surface area contributed by atoms with Gasteiger partial charge in [-0.2, -0.15) is 13.2 Å². The first kappa shape index (κ1) is 15.5. The van der Waals surface area contributed by atoms with Crippen LogP contribution in [0.25, 0.3) is 11.3 Å². The van der Waals surface area contributed by atoms with Gasteiger partial charge >= 0.3 is 5.51 Å². The monoisotopic (exact) mass is 325 g/mol. The number of benzene rings is 1. The summed E-state index contributed by atoms with van der Waals surface area (Å²) in [6.45, 7) is 0. The highest BCUT2D eigenvalue weighted by Crippen LogP contribution is 2.38. The highest BCUT2D eigenvalue weighted by molar-refractivity contribution is 8.00. The zero-order chi connectivity index (χ0) is 15.6. The van der Waals surface area contributed by atoms with E-state index in [-0.39, 0.29) is 16.7 Å². The molecule has 22 heavy (non-hydrogen) atoms. The number of thioether (sulfide) groups is 1. The van der Waals surface area contributed by atoms with Gasteiger partial charge in [0.25, 0.3) is 0 Å². The quantitative estimate of drug-likeness (QED) is 0.602. The minimum Gasteiger partial charge on any atom is -0.344 e. The lowest BCUT2D eigenvalue weighted by Gasteiger charge is -2.25. The van der Waals surface area contributed by atoms with Crippen molar-refractivity contribution in [3.8, 4) is 11.3 Å². The first-order valence-corrected chi connectivity index (χ1v) is 8.37. The van der Waals surface area contributed by atoms with Crippen LogP contribution in [0.1, 0.15) is 38.1 Å². The maximum atomic E-state index is 12.4. The Morgan fingerprint density at radius 1 is 0.955 bits per heavy atom. The van der Waals surface area contributed by atoms with Crippen LogP contribution < -0.4 is 0 Å². The second-order valence-electron chi connectivity index (χ2n) is 5.66. The Balaban J connectivity index is 1.81. The molecule has 1 fully saturated rings. The Kier molecular flexibility index (Phi) is 4.52. The molecule has 0 unspecified atom stereocenters. The predicted molar refractivity (Wildman–Crippen MR) is 83.9 cm³/mol. The zero-order valence-corrected chi connectivity index (χ0v) is 13.0. The maximum Gasteiger partial charge on any atom is 0.446 e. The smallest absolute Gasteiger partial charge is 0.344 e. The maximum absolute atomic E-state index is 12.4. The van der Waals surface area contributed by atoms with Crippen LogP contribution in [0.5, 0.6) is 0 Å². The van der Waals surface area contributed by atoms with Gasteiger partial charge in [0.2, 0.25) is 0 Å². The summed E-state index contributed by atoms with van der Waals surface area (Å²) in [6, 6.07) is 11.2. The van der Waals surface area contributed by atoms with Crippen molar-refractivity contribution in [2.45, 2.75) is 48.5 Å². The lowest BCUT2D eigenvalue weighted by Crippen LogP contribution is -2.12. The first-order valence-electron chi connectivity index (χ1n) is 7.56. The molecule has 118 valence electrons. The van der Waals surface area contributed by atoms with E-state index in [1.165, 1.54) is 32.1 Å². The van der Waals surface area contributed by atoms with E-state index in [0.29, 0.717) is 6.04 Å². The number of nitrogens with zero attached hydrogens (tertiary/aromatic N) is 1. The Labute approximate surface area is 132 Å². The van der Waals surface area contributed by atoms with Crippen LogP contribution in [0.3, 0.4) is 0 Å². The number of halogens is 3. The van der Waals surface area contributed by atoms with Gasteiger partial charge in [0.05, 0.1) is 0 Å². The van der Waals surface area contributed by atoms with Crippen molar-refractivity contribution in [2.75, 3.05) is 0 Å². The molecule has 1 aliphatic rings. The van der Waals surface area contributed by atoms with Crippen molar-refractivity contribution in [1.29, 1.82) is 0 Å². The molecule has 1 aliphatic carbocycles. The molecule has 0 N–H and O–H groups in total. The number of hydrogen-bond acceptors (Lipinski definition) is 1. The average Bonchev–Trinajstić information content (AvgIpc) is 2.97. The third-order valence-electron chi connectivity index (χ3n) is 4.13. The molecular formula is C17H18F3NS. The fourth-order valence-electron chi connectivity index (χ4n) is 3.14. The lowest BCUT2D eigenvalue weighted by molar-refractivity contribution is -0.0328. The van der Waals surface area contributed by atoms with Crippen LogP contribution in [0.4, 0.5) is 13.2 Å². The standard InChI is InChI=1S/C17H18F3NS/c18-17(19,20)22-15-10-8-13(9-11-15)16-7-4-12-21(16)14-5-2-1-3-6-14/h4,7-12,14H,1-3,5-6H2. The van der Waals surface area contributed by atoms with Gasteiger partial charge in [-0.25, -0.2) is 0 Å². The van der Waals surface area contributed by atoms with Gasteiger partial charge in [0, 0.05) is 22.8 Å². The van der Waals surface area contributed by atoms with Crippen molar-refractivity contribution in [1.82, 2.24) is 4.57 Å². The van der Waals surface area contributed by atoms with E-state index < -0.39 is 5.51 Å². The molecular weight excluding hydrogens is 307 g/mol. The van der Waals surface area contributed by atoms with Crippen molar-refractivity contribution in [2.24, 2.45) is 0 Å². The summed E-state index contributed by atoms with van der Waals surface area (Å²) in [5.41, 5.74) is -2.17. The summed E-state index contributed by atoms with van der Waals surface area (Å²) >= 11 is -0.0678. The van der Waals surface area contributed by atoms with E-state index in [2.05, 4.69) is 10.8 Å². The molecule has 3 rings (SSSR count). The Morgan fingerprint density at radius 2 is 1.64 bits per heavy atom. The van der Waals surface area contributed by atoms with E-state index in [1.54, 1.807) is 24.3 Å². The predicted octanol–water partition coefficient (Wildman–Crippen LogP) is 6.27. The van der Waals surface area contributed by atoms with Gasteiger partial charge in [-0.05, 0) is 54.4 Å². The van der Waals surface area contributed by atoms with E-state index in [1.807, 2.05) is 12.1 Å². The van der Waals surface area contributed by atoms with Crippen LogP contribution in [0.15, 0.2) is 47.5 Å². The summed E-state index contributed by atoms with van der Waals surface area (Å²) in [6.07, 6.45) is 8.26. The van der Waals surface area contributed by atoms with E-state index in [0.717, 1.165) is 11.3 Å². The normalized spacial score (nSPS) is 16.9. The lowest BCUT2D eigenvalue weighted by atomic mass is 9.95. The highest BCUT2D eigenvalue weighted by Gasteiger charge is 2.29. The Hall–Kier alpha value is -1.36. The molecule has 0 spiro atoms. The third-order valence-corrected chi connectivity index (χ3v) is 4.87. The van der Waals surface area contributed by atoms with Gasteiger partial charge < -0.3 is 4.57 Å². The summed E-state index contributed by atoms with van der Waals surface area (Å²) in [5, 5.41) is 0. The first-order chi connectivity index (χ1) is 10.5. The average molecular weight is 325 g/mol. The molecule has 0 aliphatic heterocycles. The minimum atomic E-state index is -4.23. The summed E-state index contributed by atoms with van der Waals surface area (Å²) in [7, 11) is 0. The molecule has 0 atom stereocenters. The molecule has 2 aromatic rings. The fraction of sp³-hybridized carbons (Fsp3) is 0.412. The summed E-state index contributed by atoms with van der Waals surface area (Å²) < 4.78 is 39.4. The summed E-state index contributed by atoms with van der Waals surface area (Å²) in [5.74, 6) is 0. The number of aromatic nitrogens is 1. The fourth-order valence-corrected chi connectivity index (χ4v) is 3.68. The number of alkyl halides is 3. The molecule has 0 saturated heterocycles. The van der Waals surface area contributed by atoms with Gasteiger partial charge in [-0.3, -0.25) is 0 Å². The van der Waals surface area contributed by atoms with Crippen molar-refractivity contribution < 1.29 is 13.2 Å². The van der Waals surface area contributed by atoms with Crippen LogP contribution in [0, 0.1) is 0 Å². The largest absolute Gasteiger partial charge is 0.446 e. The topological polar surface area (TPSA) is 4.93 Å². The van der Waals surface area contributed by atoms with Crippen LogP contribution in [-0.2, 0) is 0 Å². The molecule has 1 aromatic carbocycles. The number of hydrogen-bond donors (Lipinski definition) is 0. The van der Waals surface area contributed by atoms with Crippen LogP contribution in [-0.4, -0.2) is 10.1 Å². The minimum absolute atomic E-state index is 0.0678. The van der Waals surface area contributed by atoms with Crippen LogP contribution >= 0.6 is 11.8 Å². The van der Waals surface area contributed by atoms with E-state index in [4.69, 9.17) is 0 Å². The second kappa shape index (κ2) is 6.41. The van der Waals surface area contributed by atoms with Crippen molar-refractivity contribution in [3.63, 3.8) is 0 Å². The van der Waals surface area contributed by atoms with E-state index >= 15 is 0 Å². The summed E-state index contributed by atoms with van der Waals surface area (Å²) in [4.78, 5) is 0.229. The number of rotatable bonds is 3.